The number of nitrogens with two attached hydrogens (primary N) is 2. The maximum absolute atomic E-state index is 12.3. The second-order valence-corrected chi connectivity index (χ2v) is 8.60. The second kappa shape index (κ2) is 7.78. The number of ether oxygens (including phenoxy) is 1. The van der Waals surface area contributed by atoms with E-state index < -0.39 is 24.0 Å². The molecule has 0 spiro atoms. The molecule has 0 aliphatic heterocycles. The fourth-order valence-electron chi connectivity index (χ4n) is 1.80. The molecule has 0 unspecified atom stereocenters. The SMILES string of the molecule is CC(C)(C)CC[C@H](OC(N)=O)C(=O)Nc1cc(Br)sc1C(N)=O. The van der Waals surface area contributed by atoms with Crippen LogP contribution < -0.4 is 16.8 Å². The summed E-state index contributed by atoms with van der Waals surface area (Å²) < 4.78 is 5.53. The summed E-state index contributed by atoms with van der Waals surface area (Å²) in [6, 6.07) is 1.56. The van der Waals surface area contributed by atoms with Gasteiger partial charge in [-0.1, -0.05) is 20.8 Å². The number of anilines is 1. The van der Waals surface area contributed by atoms with Crippen molar-refractivity contribution >= 4 is 50.9 Å². The number of halogens is 1. The zero-order valence-corrected chi connectivity index (χ0v) is 15.5. The molecule has 0 saturated carbocycles. The Morgan fingerprint density at radius 2 is 1.96 bits per heavy atom. The van der Waals surface area contributed by atoms with E-state index in [-0.39, 0.29) is 16.0 Å². The van der Waals surface area contributed by atoms with Crippen LogP contribution in [0.4, 0.5) is 10.5 Å². The van der Waals surface area contributed by atoms with Crippen molar-refractivity contribution in [1.82, 2.24) is 0 Å². The molecule has 0 fully saturated rings. The normalized spacial score (nSPS) is 12.5. The Morgan fingerprint density at radius 1 is 1.35 bits per heavy atom. The van der Waals surface area contributed by atoms with Crippen molar-refractivity contribution in [2.45, 2.75) is 39.7 Å². The molecule has 23 heavy (non-hydrogen) atoms. The maximum atomic E-state index is 12.3. The van der Waals surface area contributed by atoms with E-state index in [1.54, 1.807) is 6.07 Å². The number of carbonyl (C=O) groups excluding carboxylic acids is 3. The second-order valence-electron chi connectivity index (χ2n) is 6.17. The van der Waals surface area contributed by atoms with Crippen LogP contribution in [0.25, 0.3) is 0 Å². The van der Waals surface area contributed by atoms with Crippen molar-refractivity contribution < 1.29 is 19.1 Å². The molecule has 1 rings (SSSR count). The third kappa shape index (κ3) is 6.57. The lowest BCUT2D eigenvalue weighted by Crippen LogP contribution is -2.35. The molecule has 5 N–H and O–H groups in total. The Labute approximate surface area is 146 Å². The summed E-state index contributed by atoms with van der Waals surface area (Å²) in [6.07, 6.45) is -1.10. The summed E-state index contributed by atoms with van der Waals surface area (Å²) in [7, 11) is 0. The summed E-state index contributed by atoms with van der Waals surface area (Å²) in [6.45, 7) is 6.02. The van der Waals surface area contributed by atoms with Gasteiger partial charge in [-0.2, -0.15) is 0 Å². The van der Waals surface area contributed by atoms with Gasteiger partial charge in [0.1, 0.15) is 4.88 Å². The highest BCUT2D eigenvalue weighted by Crippen LogP contribution is 2.31. The van der Waals surface area contributed by atoms with Gasteiger partial charge in [0.25, 0.3) is 11.8 Å². The molecule has 1 heterocycles. The molecule has 0 radical (unpaired) electrons. The van der Waals surface area contributed by atoms with Crippen molar-refractivity contribution in [1.29, 1.82) is 0 Å². The van der Waals surface area contributed by atoms with E-state index in [4.69, 9.17) is 16.2 Å². The molecule has 0 aliphatic rings. The Morgan fingerprint density at radius 3 is 2.43 bits per heavy atom. The number of amides is 3. The van der Waals surface area contributed by atoms with Gasteiger partial charge in [-0.3, -0.25) is 9.59 Å². The average Bonchev–Trinajstić information content (AvgIpc) is 2.74. The number of thiophene rings is 1. The number of carbonyl (C=O) groups is 3. The first kappa shape index (κ1) is 19.4. The topological polar surface area (TPSA) is 125 Å². The third-order valence-corrected chi connectivity index (χ3v) is 4.54. The molecule has 1 aromatic rings. The first-order valence-electron chi connectivity index (χ1n) is 6.85. The van der Waals surface area contributed by atoms with Gasteiger partial charge in [0.15, 0.2) is 6.10 Å². The lowest BCUT2D eigenvalue weighted by Gasteiger charge is -2.22. The molecule has 9 heteroatoms. The van der Waals surface area contributed by atoms with Gasteiger partial charge in [-0.05, 0) is 40.3 Å². The van der Waals surface area contributed by atoms with Crippen LogP contribution in [-0.4, -0.2) is 24.0 Å². The Hall–Kier alpha value is -1.61. The molecule has 0 aliphatic carbocycles. The highest BCUT2D eigenvalue weighted by Gasteiger charge is 2.26. The first-order valence-corrected chi connectivity index (χ1v) is 8.46. The van der Waals surface area contributed by atoms with Crippen LogP contribution >= 0.6 is 27.3 Å². The van der Waals surface area contributed by atoms with Gasteiger partial charge < -0.3 is 21.5 Å². The van der Waals surface area contributed by atoms with Crippen molar-refractivity contribution in [2.24, 2.45) is 16.9 Å². The van der Waals surface area contributed by atoms with Crippen LogP contribution in [0.1, 0.15) is 43.3 Å². The van der Waals surface area contributed by atoms with E-state index in [0.29, 0.717) is 16.6 Å². The van der Waals surface area contributed by atoms with E-state index in [1.807, 2.05) is 20.8 Å². The smallest absolute Gasteiger partial charge is 0.405 e. The van der Waals surface area contributed by atoms with Gasteiger partial charge in [0.2, 0.25) is 0 Å². The summed E-state index contributed by atoms with van der Waals surface area (Å²) >= 11 is 4.33. The number of hydrogen-bond donors (Lipinski definition) is 3. The first-order chi connectivity index (χ1) is 10.5. The average molecular weight is 406 g/mol. The predicted octanol–water partition coefficient (Wildman–Crippen LogP) is 2.84. The molecule has 3 amide bonds. The molecule has 1 aromatic heterocycles. The van der Waals surface area contributed by atoms with E-state index in [9.17, 15) is 14.4 Å². The largest absolute Gasteiger partial charge is 0.436 e. The van der Waals surface area contributed by atoms with Crippen molar-refractivity contribution in [3.8, 4) is 0 Å². The fourth-order valence-corrected chi connectivity index (χ4v) is 3.20. The van der Waals surface area contributed by atoms with Crippen molar-refractivity contribution in [2.75, 3.05) is 5.32 Å². The Balaban J connectivity index is 2.88. The number of primary amides is 2. The van der Waals surface area contributed by atoms with E-state index in [2.05, 4.69) is 21.2 Å². The standard InChI is InChI=1S/C14H20BrN3O4S/c1-14(2,3)5-4-8(22-13(17)21)12(20)18-7-6-9(15)23-10(7)11(16)19/h6,8H,4-5H2,1-3H3,(H2,16,19)(H2,17,21)(H,18,20)/t8-/m0/s1. The third-order valence-electron chi connectivity index (χ3n) is 2.89. The summed E-state index contributed by atoms with van der Waals surface area (Å²) in [5, 5.41) is 2.56. The van der Waals surface area contributed by atoms with E-state index >= 15 is 0 Å². The van der Waals surface area contributed by atoms with Crippen molar-refractivity contribution in [3.63, 3.8) is 0 Å². The zero-order chi connectivity index (χ0) is 17.8. The lowest BCUT2D eigenvalue weighted by molar-refractivity contribution is -0.124. The molecule has 0 saturated heterocycles. The quantitative estimate of drug-likeness (QED) is 0.672. The maximum Gasteiger partial charge on any atom is 0.405 e. The van der Waals surface area contributed by atoms with Crippen molar-refractivity contribution in [3.05, 3.63) is 14.7 Å². The number of nitrogens with one attached hydrogen (secondary N) is 1. The van der Waals surface area contributed by atoms with Crippen LogP contribution in [0.15, 0.2) is 9.85 Å². The van der Waals surface area contributed by atoms with Crippen LogP contribution in [0.2, 0.25) is 0 Å². The number of rotatable bonds is 6. The molecular weight excluding hydrogens is 386 g/mol. The molecular formula is C14H20BrN3O4S. The Kier molecular flexibility index (Phi) is 6.57. The minimum atomic E-state index is -1.04. The fraction of sp³-hybridized carbons (Fsp3) is 0.500. The number of hydrogen-bond acceptors (Lipinski definition) is 5. The molecule has 7 nitrogen and oxygen atoms in total. The summed E-state index contributed by atoms with van der Waals surface area (Å²) in [5.74, 6) is -1.21. The predicted molar refractivity (Wildman–Crippen MR) is 92.3 cm³/mol. The highest BCUT2D eigenvalue weighted by molar-refractivity contribution is 9.11. The molecule has 0 bridgehead atoms. The molecule has 0 aromatic carbocycles. The zero-order valence-electron chi connectivity index (χ0n) is 13.1. The summed E-state index contributed by atoms with van der Waals surface area (Å²) in [5.41, 5.74) is 10.5. The molecule has 128 valence electrons. The van der Waals surface area contributed by atoms with Gasteiger partial charge in [0.05, 0.1) is 9.47 Å². The summed E-state index contributed by atoms with van der Waals surface area (Å²) in [4.78, 5) is 34.9. The van der Waals surface area contributed by atoms with Gasteiger partial charge in [-0.25, -0.2) is 4.79 Å². The van der Waals surface area contributed by atoms with Crippen LogP contribution in [0.5, 0.6) is 0 Å². The Bertz CT molecular complexity index is 610. The van der Waals surface area contributed by atoms with Crippen LogP contribution in [-0.2, 0) is 9.53 Å². The highest BCUT2D eigenvalue weighted by atomic mass is 79.9. The van der Waals surface area contributed by atoms with Crippen LogP contribution in [0.3, 0.4) is 0 Å². The monoisotopic (exact) mass is 405 g/mol. The lowest BCUT2D eigenvalue weighted by atomic mass is 9.89. The van der Waals surface area contributed by atoms with E-state index in [0.717, 1.165) is 11.3 Å². The molecule has 1 atom stereocenters. The minimum absolute atomic E-state index is 0.0384. The van der Waals surface area contributed by atoms with Gasteiger partial charge in [0, 0.05) is 0 Å². The van der Waals surface area contributed by atoms with Crippen LogP contribution in [0, 0.1) is 5.41 Å². The van der Waals surface area contributed by atoms with E-state index in [1.165, 1.54) is 0 Å². The van der Waals surface area contributed by atoms with Gasteiger partial charge >= 0.3 is 6.09 Å². The van der Waals surface area contributed by atoms with Gasteiger partial charge in [-0.15, -0.1) is 11.3 Å². The minimum Gasteiger partial charge on any atom is -0.436 e.